The second-order valence-corrected chi connectivity index (χ2v) is 4.63. The second kappa shape index (κ2) is 4.64. The molecule has 0 saturated heterocycles. The first-order valence-corrected chi connectivity index (χ1v) is 6.43. The Morgan fingerprint density at radius 1 is 1.42 bits per heavy atom. The van der Waals surface area contributed by atoms with Gasteiger partial charge in [-0.1, -0.05) is 13.8 Å². The van der Waals surface area contributed by atoms with Crippen molar-refractivity contribution in [2.24, 2.45) is 7.05 Å². The van der Waals surface area contributed by atoms with Crippen LogP contribution in [-0.4, -0.2) is 21.3 Å². The van der Waals surface area contributed by atoms with Gasteiger partial charge in [0.2, 0.25) is 5.78 Å². The molecule has 0 bridgehead atoms. The Hall–Kier alpha value is -1.91. The summed E-state index contributed by atoms with van der Waals surface area (Å²) in [5, 5.41) is 0. The Bertz CT molecular complexity index is 571. The Morgan fingerprint density at radius 3 is 2.53 bits per heavy atom. The summed E-state index contributed by atoms with van der Waals surface area (Å²) in [6.45, 7) is 5.20. The van der Waals surface area contributed by atoms with E-state index in [-0.39, 0.29) is 5.78 Å². The maximum absolute atomic E-state index is 12.5. The van der Waals surface area contributed by atoms with Gasteiger partial charge in [0.05, 0.1) is 0 Å². The van der Waals surface area contributed by atoms with Gasteiger partial charge in [-0.3, -0.25) is 9.59 Å². The van der Waals surface area contributed by atoms with Crippen molar-refractivity contribution in [3.63, 3.8) is 0 Å². The predicted octanol–water partition coefficient (Wildman–Crippen LogP) is 1.88. The topological polar surface area (TPSA) is 61.2 Å². The summed E-state index contributed by atoms with van der Waals surface area (Å²) in [5.74, 6) is -0.143. The average Bonchev–Trinajstić information content (AvgIpc) is 2.78. The number of aryl methyl sites for hydroxylation is 1. The van der Waals surface area contributed by atoms with Crippen molar-refractivity contribution in [1.29, 1.82) is 0 Å². The maximum atomic E-state index is 12.5. The Labute approximate surface area is 112 Å². The molecule has 0 amide bonds. The van der Waals surface area contributed by atoms with Crippen LogP contribution in [0, 0.1) is 0 Å². The van der Waals surface area contributed by atoms with Crippen molar-refractivity contribution in [2.75, 3.05) is 0 Å². The number of carbonyl (C=O) groups is 2. The fourth-order valence-corrected chi connectivity index (χ4v) is 2.78. The quantitative estimate of drug-likeness (QED) is 0.777. The Kier molecular flexibility index (Phi) is 3.30. The maximum Gasteiger partial charge on any atom is 0.304 e. The monoisotopic (exact) mass is 262 g/mol. The molecule has 1 unspecified atom stereocenters. The summed E-state index contributed by atoms with van der Waals surface area (Å²) in [5.41, 5.74) is 0.320. The fourth-order valence-electron chi connectivity index (χ4n) is 2.78. The van der Waals surface area contributed by atoms with E-state index in [4.69, 9.17) is 4.74 Å². The van der Waals surface area contributed by atoms with Crippen molar-refractivity contribution in [3.05, 3.63) is 29.4 Å². The summed E-state index contributed by atoms with van der Waals surface area (Å²) in [4.78, 5) is 28.1. The average molecular weight is 262 g/mol. The van der Waals surface area contributed by atoms with Gasteiger partial charge in [-0.2, -0.15) is 0 Å². The highest BCUT2D eigenvalue weighted by atomic mass is 16.6. The molecule has 1 aliphatic rings. The van der Waals surface area contributed by atoms with Gasteiger partial charge in [0, 0.05) is 31.9 Å². The minimum absolute atomic E-state index is 0.142. The predicted molar refractivity (Wildman–Crippen MR) is 69.3 cm³/mol. The number of imidazole rings is 1. The zero-order chi connectivity index (χ0) is 14.2. The van der Waals surface area contributed by atoms with Crippen LogP contribution < -0.4 is 0 Å². The van der Waals surface area contributed by atoms with Crippen molar-refractivity contribution < 1.29 is 14.3 Å². The van der Waals surface area contributed by atoms with Gasteiger partial charge in [0.25, 0.3) is 5.60 Å². The van der Waals surface area contributed by atoms with E-state index >= 15 is 0 Å². The highest BCUT2D eigenvalue weighted by Gasteiger charge is 2.58. The smallest absolute Gasteiger partial charge is 0.304 e. The summed E-state index contributed by atoms with van der Waals surface area (Å²) in [6.07, 6.45) is 4.65. The van der Waals surface area contributed by atoms with Crippen LogP contribution in [0.25, 0.3) is 0 Å². The molecule has 0 N–H and O–H groups in total. The normalized spacial score (nSPS) is 22.4. The molecule has 19 heavy (non-hydrogen) atoms. The van der Waals surface area contributed by atoms with Gasteiger partial charge in [0.15, 0.2) is 5.82 Å². The number of Topliss-reactive ketones (excluding diaryl/α,β-unsaturated/α-hetero) is 1. The van der Waals surface area contributed by atoms with Gasteiger partial charge < -0.3 is 9.30 Å². The molecule has 2 rings (SSSR count). The molecule has 1 heterocycles. The third kappa shape index (κ3) is 1.72. The zero-order valence-electron chi connectivity index (χ0n) is 11.7. The SMILES string of the molecule is CCC1=C(CC)C(OC(C)=O)(c2nccn2C)C1=O. The molecule has 1 aliphatic carbocycles. The molecular weight excluding hydrogens is 244 g/mol. The van der Waals surface area contributed by atoms with Gasteiger partial charge in [0.1, 0.15) is 0 Å². The zero-order valence-corrected chi connectivity index (χ0v) is 11.7. The molecular formula is C14H18N2O3. The molecule has 102 valence electrons. The molecule has 5 nitrogen and oxygen atoms in total. The lowest BCUT2D eigenvalue weighted by atomic mass is 9.68. The molecule has 0 saturated carbocycles. The van der Waals surface area contributed by atoms with Gasteiger partial charge >= 0.3 is 5.97 Å². The molecule has 0 aliphatic heterocycles. The summed E-state index contributed by atoms with van der Waals surface area (Å²) in [7, 11) is 1.79. The van der Waals surface area contributed by atoms with E-state index in [0.29, 0.717) is 18.7 Å². The third-order valence-electron chi connectivity index (χ3n) is 3.52. The van der Waals surface area contributed by atoms with Crippen LogP contribution in [0.3, 0.4) is 0 Å². The van der Waals surface area contributed by atoms with Crippen molar-refractivity contribution >= 4 is 11.8 Å². The van der Waals surface area contributed by atoms with Crippen LogP contribution >= 0.6 is 0 Å². The van der Waals surface area contributed by atoms with Gasteiger partial charge in [-0.05, 0) is 18.4 Å². The number of rotatable bonds is 4. The van der Waals surface area contributed by atoms with E-state index in [1.807, 2.05) is 13.8 Å². The molecule has 1 aromatic rings. The Balaban J connectivity index is 2.62. The lowest BCUT2D eigenvalue weighted by molar-refractivity contribution is -0.165. The molecule has 0 aromatic carbocycles. The number of hydrogen-bond donors (Lipinski definition) is 0. The van der Waals surface area contributed by atoms with E-state index in [0.717, 1.165) is 11.1 Å². The third-order valence-corrected chi connectivity index (χ3v) is 3.52. The summed E-state index contributed by atoms with van der Waals surface area (Å²) >= 11 is 0. The molecule has 5 heteroatoms. The number of ketones is 1. The van der Waals surface area contributed by atoms with Crippen LogP contribution in [0.4, 0.5) is 0 Å². The van der Waals surface area contributed by atoms with E-state index in [1.54, 1.807) is 24.0 Å². The van der Waals surface area contributed by atoms with Crippen LogP contribution in [0.15, 0.2) is 23.5 Å². The number of esters is 1. The van der Waals surface area contributed by atoms with E-state index in [9.17, 15) is 9.59 Å². The van der Waals surface area contributed by atoms with Crippen LogP contribution in [0.2, 0.25) is 0 Å². The minimum Gasteiger partial charge on any atom is -0.438 e. The van der Waals surface area contributed by atoms with Crippen LogP contribution in [0.5, 0.6) is 0 Å². The lowest BCUT2D eigenvalue weighted by Crippen LogP contribution is -2.52. The highest BCUT2D eigenvalue weighted by molar-refractivity contribution is 6.13. The molecule has 0 spiro atoms. The van der Waals surface area contributed by atoms with Gasteiger partial charge in [-0.15, -0.1) is 0 Å². The molecule has 0 radical (unpaired) electrons. The van der Waals surface area contributed by atoms with Crippen molar-refractivity contribution in [3.8, 4) is 0 Å². The largest absolute Gasteiger partial charge is 0.438 e. The first-order valence-electron chi connectivity index (χ1n) is 6.43. The van der Waals surface area contributed by atoms with Crippen molar-refractivity contribution in [2.45, 2.75) is 39.2 Å². The van der Waals surface area contributed by atoms with E-state index in [1.165, 1.54) is 6.92 Å². The molecule has 1 atom stereocenters. The van der Waals surface area contributed by atoms with E-state index < -0.39 is 11.6 Å². The number of carbonyl (C=O) groups excluding carboxylic acids is 2. The first-order chi connectivity index (χ1) is 8.98. The van der Waals surface area contributed by atoms with Gasteiger partial charge in [-0.25, -0.2) is 4.98 Å². The van der Waals surface area contributed by atoms with Crippen LogP contribution in [0.1, 0.15) is 39.4 Å². The first kappa shape index (κ1) is 13.5. The standard InChI is InChI=1S/C14H18N2O3/c1-5-10-11(6-2)14(12(10)18,19-9(3)17)13-15-7-8-16(13)4/h7-8H,5-6H2,1-4H3. The highest BCUT2D eigenvalue weighted by Crippen LogP contribution is 2.48. The Morgan fingerprint density at radius 2 is 2.11 bits per heavy atom. The summed E-state index contributed by atoms with van der Waals surface area (Å²) < 4.78 is 7.14. The number of ether oxygens (including phenoxy) is 1. The number of nitrogens with zero attached hydrogens (tertiary/aromatic N) is 2. The van der Waals surface area contributed by atoms with Crippen molar-refractivity contribution in [1.82, 2.24) is 9.55 Å². The molecule has 0 fully saturated rings. The van der Waals surface area contributed by atoms with E-state index in [2.05, 4.69) is 4.98 Å². The minimum atomic E-state index is -1.30. The fraction of sp³-hybridized carbons (Fsp3) is 0.500. The number of hydrogen-bond acceptors (Lipinski definition) is 4. The van der Waals surface area contributed by atoms with Crippen LogP contribution in [-0.2, 0) is 27.0 Å². The lowest BCUT2D eigenvalue weighted by Gasteiger charge is -2.42. The number of aromatic nitrogens is 2. The molecule has 1 aromatic heterocycles. The second-order valence-electron chi connectivity index (χ2n) is 4.63. The summed E-state index contributed by atoms with van der Waals surface area (Å²) in [6, 6.07) is 0.